The van der Waals surface area contributed by atoms with Gasteiger partial charge in [0.05, 0.1) is 17.5 Å². The van der Waals surface area contributed by atoms with E-state index < -0.39 is 23.7 Å². The van der Waals surface area contributed by atoms with Gasteiger partial charge in [-0.25, -0.2) is 9.37 Å². The molecule has 1 saturated heterocycles. The molecule has 2 atom stereocenters. The van der Waals surface area contributed by atoms with Crippen LogP contribution in [0.2, 0.25) is 0 Å². The number of thiazole rings is 1. The van der Waals surface area contributed by atoms with Gasteiger partial charge in [0.15, 0.2) is 0 Å². The van der Waals surface area contributed by atoms with Crippen molar-refractivity contribution in [1.29, 1.82) is 0 Å². The summed E-state index contributed by atoms with van der Waals surface area (Å²) in [7, 11) is 0. The van der Waals surface area contributed by atoms with Crippen LogP contribution in [0.25, 0.3) is 0 Å². The first-order valence-corrected chi connectivity index (χ1v) is 7.69. The van der Waals surface area contributed by atoms with E-state index >= 15 is 0 Å². The first-order chi connectivity index (χ1) is 10.6. The molecule has 0 saturated carbocycles. The number of hydrogen-bond acceptors (Lipinski definition) is 4. The molecule has 22 heavy (non-hydrogen) atoms. The second-order valence-electron chi connectivity index (χ2n) is 5.10. The number of benzene rings is 1. The second-order valence-corrected chi connectivity index (χ2v) is 5.82. The van der Waals surface area contributed by atoms with Crippen LogP contribution in [-0.4, -0.2) is 33.4 Å². The quantitative estimate of drug-likeness (QED) is 0.943. The normalized spacial score (nSPS) is 21.0. The van der Waals surface area contributed by atoms with Crippen LogP contribution in [0.5, 0.6) is 0 Å². The Morgan fingerprint density at radius 1 is 1.32 bits per heavy atom. The van der Waals surface area contributed by atoms with Crippen LogP contribution < -0.4 is 0 Å². The number of nitrogens with zero attached hydrogens (tertiary/aromatic N) is 2. The van der Waals surface area contributed by atoms with E-state index in [2.05, 4.69) is 4.98 Å². The van der Waals surface area contributed by atoms with Gasteiger partial charge in [0.2, 0.25) is 0 Å². The molecule has 1 aromatic carbocycles. The van der Waals surface area contributed by atoms with Crippen LogP contribution in [0.15, 0.2) is 35.2 Å². The summed E-state index contributed by atoms with van der Waals surface area (Å²) >= 11 is 1.31. The average Bonchev–Trinajstić information content (AvgIpc) is 3.17. The van der Waals surface area contributed by atoms with Crippen LogP contribution in [0.1, 0.15) is 28.5 Å². The van der Waals surface area contributed by atoms with Crippen LogP contribution in [-0.2, 0) is 4.79 Å². The highest BCUT2D eigenvalue weighted by molar-refractivity contribution is 7.07. The molecule has 3 rings (SSSR count). The summed E-state index contributed by atoms with van der Waals surface area (Å²) in [4.78, 5) is 29.5. The van der Waals surface area contributed by atoms with Gasteiger partial charge >= 0.3 is 5.97 Å². The molecule has 0 unspecified atom stereocenters. The average molecular weight is 320 g/mol. The summed E-state index contributed by atoms with van der Waals surface area (Å²) in [6, 6.07) is 5.01. The van der Waals surface area contributed by atoms with Crippen LogP contribution in [0, 0.1) is 11.7 Å². The Morgan fingerprint density at radius 2 is 2.05 bits per heavy atom. The van der Waals surface area contributed by atoms with Gasteiger partial charge in [0.1, 0.15) is 11.5 Å². The van der Waals surface area contributed by atoms with Gasteiger partial charge in [-0.1, -0.05) is 12.1 Å². The minimum atomic E-state index is -0.956. The second kappa shape index (κ2) is 5.84. The Balaban J connectivity index is 1.96. The van der Waals surface area contributed by atoms with Gasteiger partial charge < -0.3 is 10.0 Å². The number of halogens is 1. The van der Waals surface area contributed by atoms with Crippen molar-refractivity contribution >= 4 is 23.2 Å². The maximum absolute atomic E-state index is 13.1. The summed E-state index contributed by atoms with van der Waals surface area (Å²) in [6.45, 7) is 0.343. The molecule has 0 radical (unpaired) electrons. The summed E-state index contributed by atoms with van der Waals surface area (Å²) in [6.07, 6.45) is 0.368. The summed E-state index contributed by atoms with van der Waals surface area (Å²) in [5.74, 6) is -2.35. The number of hydrogen-bond donors (Lipinski definition) is 1. The highest BCUT2D eigenvalue weighted by atomic mass is 32.1. The predicted molar refractivity (Wildman–Crippen MR) is 78.0 cm³/mol. The lowest BCUT2D eigenvalue weighted by Crippen LogP contribution is -2.33. The molecule has 7 heteroatoms. The van der Waals surface area contributed by atoms with E-state index in [1.165, 1.54) is 40.5 Å². The predicted octanol–water partition coefficient (Wildman–Crippen LogP) is 2.57. The Hall–Kier alpha value is -2.28. The third kappa shape index (κ3) is 2.59. The molecular weight excluding hydrogens is 307 g/mol. The minimum absolute atomic E-state index is 0.292. The van der Waals surface area contributed by atoms with Crippen LogP contribution >= 0.6 is 11.3 Å². The number of carboxylic acid groups (broad SMARTS) is 1. The molecule has 1 aliphatic rings. The lowest BCUT2D eigenvalue weighted by molar-refractivity contribution is -0.142. The van der Waals surface area contributed by atoms with Gasteiger partial charge in [-0.3, -0.25) is 9.59 Å². The largest absolute Gasteiger partial charge is 0.481 e. The zero-order chi connectivity index (χ0) is 15.7. The molecule has 2 aromatic rings. The number of rotatable bonds is 3. The van der Waals surface area contributed by atoms with Crippen molar-refractivity contribution in [1.82, 2.24) is 9.88 Å². The number of amides is 1. The molecule has 1 amide bonds. The number of likely N-dealkylation sites (tertiary alicyclic amines) is 1. The first-order valence-electron chi connectivity index (χ1n) is 6.75. The minimum Gasteiger partial charge on any atom is -0.481 e. The molecule has 0 bridgehead atoms. The topological polar surface area (TPSA) is 70.5 Å². The molecule has 5 nitrogen and oxygen atoms in total. The zero-order valence-electron chi connectivity index (χ0n) is 11.5. The number of aliphatic carboxylic acids is 1. The fourth-order valence-corrected chi connectivity index (χ4v) is 3.34. The number of aromatic nitrogens is 1. The van der Waals surface area contributed by atoms with E-state index in [1.807, 2.05) is 0 Å². The van der Waals surface area contributed by atoms with E-state index in [-0.39, 0.29) is 5.91 Å². The summed E-state index contributed by atoms with van der Waals surface area (Å²) < 4.78 is 13.1. The fraction of sp³-hybridized carbons (Fsp3) is 0.267. The maximum Gasteiger partial charge on any atom is 0.309 e. The van der Waals surface area contributed by atoms with Crippen molar-refractivity contribution in [2.75, 3.05) is 6.54 Å². The number of carboxylic acids is 1. The summed E-state index contributed by atoms with van der Waals surface area (Å²) in [5, 5.41) is 11.0. The number of carbonyl (C=O) groups excluding carboxylic acids is 1. The molecule has 2 heterocycles. The molecular formula is C15H13FN2O3S. The lowest BCUT2D eigenvalue weighted by atomic mass is 9.93. The highest BCUT2D eigenvalue weighted by Gasteiger charge is 2.42. The van der Waals surface area contributed by atoms with Gasteiger partial charge in [-0.15, -0.1) is 11.3 Å². The molecule has 114 valence electrons. The molecule has 1 aromatic heterocycles. The van der Waals surface area contributed by atoms with E-state index in [4.69, 9.17) is 0 Å². The molecule has 0 spiro atoms. The third-order valence-corrected chi connectivity index (χ3v) is 4.43. The SMILES string of the molecule is O=C(O)[C@@H]1CCN(C(=O)c2cscn2)[C@@H]1c1ccc(F)cc1. The zero-order valence-corrected chi connectivity index (χ0v) is 12.3. The first kappa shape index (κ1) is 14.6. The van der Waals surface area contributed by atoms with Gasteiger partial charge in [-0.05, 0) is 24.1 Å². The lowest BCUT2D eigenvalue weighted by Gasteiger charge is -2.26. The third-order valence-electron chi connectivity index (χ3n) is 3.84. The molecule has 1 N–H and O–H groups in total. The van der Waals surface area contributed by atoms with Crippen molar-refractivity contribution in [2.45, 2.75) is 12.5 Å². The van der Waals surface area contributed by atoms with E-state index in [0.717, 1.165) is 0 Å². The maximum atomic E-state index is 13.1. The standard InChI is InChI=1S/C15H13FN2O3S/c16-10-3-1-9(2-4-10)13-11(15(20)21)5-6-18(13)14(19)12-7-22-8-17-12/h1-4,7-8,11,13H,5-6H2,(H,20,21)/t11-,13-/m1/s1. The Kier molecular flexibility index (Phi) is 3.89. The Labute approximate surface area is 130 Å². The molecule has 1 fully saturated rings. The molecule has 1 aliphatic heterocycles. The smallest absolute Gasteiger partial charge is 0.309 e. The van der Waals surface area contributed by atoms with Crippen molar-refractivity contribution in [2.24, 2.45) is 5.92 Å². The van der Waals surface area contributed by atoms with E-state index in [0.29, 0.717) is 24.2 Å². The highest BCUT2D eigenvalue weighted by Crippen LogP contribution is 2.38. The Morgan fingerprint density at radius 3 is 2.64 bits per heavy atom. The van der Waals surface area contributed by atoms with Crippen LogP contribution in [0.4, 0.5) is 4.39 Å². The molecule has 0 aliphatic carbocycles. The van der Waals surface area contributed by atoms with Crippen LogP contribution in [0.3, 0.4) is 0 Å². The van der Waals surface area contributed by atoms with Crippen molar-refractivity contribution < 1.29 is 19.1 Å². The van der Waals surface area contributed by atoms with E-state index in [9.17, 15) is 19.1 Å². The van der Waals surface area contributed by atoms with Crippen molar-refractivity contribution in [3.8, 4) is 0 Å². The Bertz CT molecular complexity index is 687. The van der Waals surface area contributed by atoms with Gasteiger partial charge in [0, 0.05) is 11.9 Å². The summed E-state index contributed by atoms with van der Waals surface area (Å²) in [5.41, 5.74) is 2.49. The fourth-order valence-electron chi connectivity index (χ4n) is 2.82. The monoisotopic (exact) mass is 320 g/mol. The van der Waals surface area contributed by atoms with Gasteiger partial charge in [-0.2, -0.15) is 0 Å². The van der Waals surface area contributed by atoms with E-state index in [1.54, 1.807) is 10.9 Å². The number of carbonyl (C=O) groups is 2. The van der Waals surface area contributed by atoms with Crippen molar-refractivity contribution in [3.63, 3.8) is 0 Å². The van der Waals surface area contributed by atoms with Crippen molar-refractivity contribution in [3.05, 3.63) is 52.2 Å². The van der Waals surface area contributed by atoms with Gasteiger partial charge in [0.25, 0.3) is 5.91 Å².